The summed E-state index contributed by atoms with van der Waals surface area (Å²) in [5.74, 6) is 0.922. The van der Waals surface area contributed by atoms with Crippen molar-refractivity contribution in [1.82, 2.24) is 0 Å². The Labute approximate surface area is 169 Å². The Kier molecular flexibility index (Phi) is 6.26. The molecule has 3 unspecified atom stereocenters. The molecular formula is C25H33NO2. The number of hydrogen-bond donors (Lipinski definition) is 1. The van der Waals surface area contributed by atoms with Gasteiger partial charge in [-0.15, -0.1) is 0 Å². The van der Waals surface area contributed by atoms with Gasteiger partial charge >= 0.3 is 0 Å². The number of rotatable bonds is 5. The molecule has 3 rings (SSSR count). The van der Waals surface area contributed by atoms with Crippen LogP contribution in [0.15, 0.2) is 65.3 Å². The lowest BCUT2D eigenvalue weighted by Crippen LogP contribution is -3.07. The quantitative estimate of drug-likeness (QED) is 0.409. The van der Waals surface area contributed by atoms with E-state index in [0.717, 1.165) is 48.3 Å². The van der Waals surface area contributed by atoms with Crippen molar-refractivity contribution in [2.24, 2.45) is 0 Å². The zero-order valence-electron chi connectivity index (χ0n) is 17.8. The summed E-state index contributed by atoms with van der Waals surface area (Å²) in [7, 11) is 0. The molecule has 0 saturated carbocycles. The standard InChI is InChI=1S/C25H33NO2/c1-18(2)10-8-11-19(3)12-9-16-25(5)17-15-21-20(4)26(27)23-14-7-6-13-22(23)24(21)28-25/h6-7,9-10,12-14,16,20,26H,8,11,15,17H2,1-5H3. The molecular weight excluding hydrogens is 346 g/mol. The summed E-state index contributed by atoms with van der Waals surface area (Å²) < 4.78 is 6.52. The zero-order valence-corrected chi connectivity index (χ0v) is 17.8. The summed E-state index contributed by atoms with van der Waals surface area (Å²) in [4.78, 5) is 0. The number of para-hydroxylation sites is 1. The highest BCUT2D eigenvalue weighted by atomic mass is 16.5. The molecule has 2 aliphatic heterocycles. The highest BCUT2D eigenvalue weighted by Gasteiger charge is 2.39. The maximum Gasteiger partial charge on any atom is 0.142 e. The molecule has 2 heterocycles. The van der Waals surface area contributed by atoms with Gasteiger partial charge in [0.15, 0.2) is 0 Å². The average molecular weight is 380 g/mol. The van der Waals surface area contributed by atoms with E-state index >= 15 is 0 Å². The fraction of sp³-hybridized carbons (Fsp3) is 0.440. The van der Waals surface area contributed by atoms with Crippen LogP contribution in [0.2, 0.25) is 0 Å². The fourth-order valence-corrected chi connectivity index (χ4v) is 3.98. The third kappa shape index (κ3) is 4.48. The molecule has 1 aromatic rings. The number of hydrogen-bond acceptors (Lipinski definition) is 2. The van der Waals surface area contributed by atoms with Gasteiger partial charge in [0.1, 0.15) is 23.1 Å². The van der Waals surface area contributed by atoms with Crippen molar-refractivity contribution in [2.45, 2.75) is 71.9 Å². The van der Waals surface area contributed by atoms with E-state index in [2.05, 4.69) is 52.0 Å². The molecule has 3 nitrogen and oxygen atoms in total. The molecule has 3 atom stereocenters. The van der Waals surface area contributed by atoms with Crippen molar-refractivity contribution in [3.05, 3.63) is 76.1 Å². The predicted molar refractivity (Wildman–Crippen MR) is 117 cm³/mol. The Morgan fingerprint density at radius 2 is 2.04 bits per heavy atom. The van der Waals surface area contributed by atoms with Crippen LogP contribution >= 0.6 is 0 Å². The van der Waals surface area contributed by atoms with E-state index in [1.54, 1.807) is 0 Å². The Morgan fingerprint density at radius 1 is 1.29 bits per heavy atom. The monoisotopic (exact) mass is 379 g/mol. The van der Waals surface area contributed by atoms with Gasteiger partial charge < -0.3 is 15.0 Å². The fourth-order valence-electron chi connectivity index (χ4n) is 3.98. The maximum atomic E-state index is 12.7. The second kappa shape index (κ2) is 8.50. The number of benzene rings is 1. The minimum Gasteiger partial charge on any atom is -0.628 e. The molecule has 0 fully saturated rings. The van der Waals surface area contributed by atoms with Gasteiger partial charge in [0.05, 0.1) is 5.56 Å². The third-order valence-electron chi connectivity index (χ3n) is 5.79. The van der Waals surface area contributed by atoms with Crippen molar-refractivity contribution < 1.29 is 9.80 Å². The summed E-state index contributed by atoms with van der Waals surface area (Å²) in [6, 6.07) is 7.75. The molecule has 3 heteroatoms. The SMILES string of the molecule is CC(C)=CCCC(C)=CC=CC1(C)CCC2=C(O1)c1ccccc1[NH+]([O-])C2C. The van der Waals surface area contributed by atoms with Crippen molar-refractivity contribution >= 4 is 11.4 Å². The van der Waals surface area contributed by atoms with Crippen molar-refractivity contribution in [3.8, 4) is 0 Å². The van der Waals surface area contributed by atoms with Gasteiger partial charge in [-0.25, -0.2) is 0 Å². The van der Waals surface area contributed by atoms with Crippen LogP contribution in [0.3, 0.4) is 0 Å². The number of quaternary nitrogens is 1. The summed E-state index contributed by atoms with van der Waals surface area (Å²) in [6.45, 7) is 10.6. The van der Waals surface area contributed by atoms with Gasteiger partial charge in [-0.3, -0.25) is 0 Å². The van der Waals surface area contributed by atoms with E-state index in [1.165, 1.54) is 11.1 Å². The van der Waals surface area contributed by atoms with E-state index in [4.69, 9.17) is 4.74 Å². The average Bonchev–Trinajstić information content (AvgIpc) is 2.65. The molecule has 0 saturated heterocycles. The first kappa shape index (κ1) is 20.6. The second-order valence-electron chi connectivity index (χ2n) is 8.59. The van der Waals surface area contributed by atoms with E-state index < -0.39 is 0 Å². The lowest BCUT2D eigenvalue weighted by molar-refractivity contribution is -0.799. The molecule has 2 aliphatic rings. The molecule has 0 amide bonds. The van der Waals surface area contributed by atoms with Crippen molar-refractivity contribution in [1.29, 1.82) is 0 Å². The van der Waals surface area contributed by atoms with Crippen molar-refractivity contribution in [2.75, 3.05) is 0 Å². The second-order valence-corrected chi connectivity index (χ2v) is 8.59. The maximum absolute atomic E-state index is 12.7. The van der Waals surface area contributed by atoms with Gasteiger partial charge in [0, 0.05) is 11.6 Å². The molecule has 0 aliphatic carbocycles. The van der Waals surface area contributed by atoms with Crippen LogP contribution in [0.4, 0.5) is 5.69 Å². The van der Waals surface area contributed by atoms with Gasteiger partial charge in [0.25, 0.3) is 0 Å². The molecule has 0 spiro atoms. The summed E-state index contributed by atoms with van der Waals surface area (Å²) in [5, 5.41) is 12.9. The van der Waals surface area contributed by atoms with Gasteiger partial charge in [0.2, 0.25) is 0 Å². The topological polar surface area (TPSA) is 36.7 Å². The summed E-state index contributed by atoms with van der Waals surface area (Å²) >= 11 is 0. The van der Waals surface area contributed by atoms with E-state index in [9.17, 15) is 5.21 Å². The molecule has 1 aromatic carbocycles. The highest BCUT2D eigenvalue weighted by molar-refractivity contribution is 5.74. The number of nitrogens with one attached hydrogen (secondary N) is 1. The van der Waals surface area contributed by atoms with Crippen LogP contribution in [-0.4, -0.2) is 11.6 Å². The first-order valence-corrected chi connectivity index (χ1v) is 10.3. The summed E-state index contributed by atoms with van der Waals surface area (Å²) in [5.41, 5.74) is 5.29. The Balaban J connectivity index is 1.76. The largest absolute Gasteiger partial charge is 0.628 e. The predicted octanol–water partition coefficient (Wildman–Crippen LogP) is 5.63. The Morgan fingerprint density at radius 3 is 2.79 bits per heavy atom. The first-order chi connectivity index (χ1) is 13.3. The van der Waals surface area contributed by atoms with Gasteiger partial charge in [-0.05, 0) is 72.4 Å². The van der Waals surface area contributed by atoms with Crippen LogP contribution in [0.1, 0.15) is 65.9 Å². The van der Waals surface area contributed by atoms with E-state index in [1.807, 2.05) is 31.2 Å². The number of hydroxylamine groups is 1. The van der Waals surface area contributed by atoms with Crippen LogP contribution in [0, 0.1) is 5.21 Å². The van der Waals surface area contributed by atoms with Gasteiger partial charge in [-0.1, -0.05) is 41.5 Å². The number of fused-ring (bicyclic) bond motifs is 2. The van der Waals surface area contributed by atoms with E-state index in [0.29, 0.717) is 0 Å². The Bertz CT molecular complexity index is 842. The third-order valence-corrected chi connectivity index (χ3v) is 5.79. The van der Waals surface area contributed by atoms with E-state index in [-0.39, 0.29) is 16.7 Å². The zero-order chi connectivity index (χ0) is 20.3. The van der Waals surface area contributed by atoms with Crippen LogP contribution in [0.5, 0.6) is 0 Å². The molecule has 1 N–H and O–H groups in total. The molecule has 150 valence electrons. The summed E-state index contributed by atoms with van der Waals surface area (Å²) in [6.07, 6.45) is 12.7. The van der Waals surface area contributed by atoms with Crippen molar-refractivity contribution in [3.63, 3.8) is 0 Å². The number of allylic oxidation sites excluding steroid dienone is 5. The highest BCUT2D eigenvalue weighted by Crippen LogP contribution is 2.42. The Hall–Kier alpha value is -2.10. The van der Waals surface area contributed by atoms with Crippen LogP contribution < -0.4 is 5.06 Å². The van der Waals surface area contributed by atoms with Crippen LogP contribution in [-0.2, 0) is 4.74 Å². The lowest BCUT2D eigenvalue weighted by Gasteiger charge is -2.43. The molecule has 0 radical (unpaired) electrons. The normalized spacial score (nSPS) is 27.3. The lowest BCUT2D eigenvalue weighted by atomic mass is 9.85. The molecule has 0 bridgehead atoms. The molecule has 28 heavy (non-hydrogen) atoms. The minimum atomic E-state index is -0.345. The van der Waals surface area contributed by atoms with Crippen LogP contribution in [0.25, 0.3) is 5.76 Å². The minimum absolute atomic E-state index is 0.0874. The smallest absolute Gasteiger partial charge is 0.142 e. The van der Waals surface area contributed by atoms with Gasteiger partial charge in [-0.2, -0.15) is 0 Å². The number of ether oxygens (including phenoxy) is 1. The first-order valence-electron chi connectivity index (χ1n) is 10.3. The molecule has 0 aromatic heterocycles.